The van der Waals surface area contributed by atoms with Crippen LogP contribution in [0.2, 0.25) is 0 Å². The Hall–Kier alpha value is -1.78. The minimum Gasteiger partial charge on any atom is -0.397 e. The molecular formula is C12H14Cl2N4. The molecule has 0 aromatic heterocycles. The minimum absolute atomic E-state index is 0. The molecule has 2 rings (SSSR count). The molecule has 0 spiro atoms. The lowest BCUT2D eigenvalue weighted by Gasteiger charge is -2.01. The molecule has 4 nitrogen and oxygen atoms in total. The van der Waals surface area contributed by atoms with E-state index >= 15 is 0 Å². The van der Waals surface area contributed by atoms with Crippen molar-refractivity contribution < 1.29 is 0 Å². The molecule has 0 aliphatic carbocycles. The lowest BCUT2D eigenvalue weighted by molar-refractivity contribution is 1.23. The highest BCUT2D eigenvalue weighted by atomic mass is 35.5. The molecule has 0 unspecified atom stereocenters. The summed E-state index contributed by atoms with van der Waals surface area (Å²) in [5.41, 5.74) is 13.8. The second-order valence-electron chi connectivity index (χ2n) is 3.32. The Bertz CT molecular complexity index is 515. The van der Waals surface area contributed by atoms with Crippen LogP contribution < -0.4 is 11.5 Å². The molecule has 0 heterocycles. The van der Waals surface area contributed by atoms with Crippen molar-refractivity contribution in [3.8, 4) is 0 Å². The quantitative estimate of drug-likeness (QED) is 0.643. The fourth-order valence-electron chi connectivity index (χ4n) is 1.26. The summed E-state index contributed by atoms with van der Waals surface area (Å²) in [6.07, 6.45) is 0. The molecule has 0 aliphatic heterocycles. The summed E-state index contributed by atoms with van der Waals surface area (Å²) in [5.74, 6) is 0. The summed E-state index contributed by atoms with van der Waals surface area (Å²) in [7, 11) is 0. The van der Waals surface area contributed by atoms with Gasteiger partial charge in [-0.15, -0.1) is 29.9 Å². The highest BCUT2D eigenvalue weighted by Gasteiger charge is 1.99. The van der Waals surface area contributed by atoms with E-state index in [2.05, 4.69) is 10.2 Å². The molecule has 96 valence electrons. The van der Waals surface area contributed by atoms with E-state index in [1.165, 1.54) is 0 Å². The molecule has 6 heteroatoms. The lowest BCUT2D eigenvalue weighted by atomic mass is 10.2. The standard InChI is InChI=1S/C12H12N4.2ClH/c13-10-7-4-8-11(12(10)14)16-15-9-5-2-1-3-6-9;;/h1-8H,13-14H2;2*1H. The van der Waals surface area contributed by atoms with Crippen LogP contribution in [0.25, 0.3) is 0 Å². The molecule has 0 atom stereocenters. The molecule has 0 saturated heterocycles. The van der Waals surface area contributed by atoms with Crippen molar-refractivity contribution in [3.63, 3.8) is 0 Å². The smallest absolute Gasteiger partial charge is 0.111 e. The van der Waals surface area contributed by atoms with Crippen LogP contribution in [0.5, 0.6) is 0 Å². The van der Waals surface area contributed by atoms with E-state index < -0.39 is 0 Å². The second kappa shape index (κ2) is 7.53. The summed E-state index contributed by atoms with van der Waals surface area (Å²) < 4.78 is 0. The average Bonchev–Trinajstić information content (AvgIpc) is 2.32. The summed E-state index contributed by atoms with van der Waals surface area (Å²) in [4.78, 5) is 0. The van der Waals surface area contributed by atoms with Gasteiger partial charge >= 0.3 is 0 Å². The summed E-state index contributed by atoms with van der Waals surface area (Å²) in [5, 5.41) is 8.12. The summed E-state index contributed by atoms with van der Waals surface area (Å²) >= 11 is 0. The summed E-state index contributed by atoms with van der Waals surface area (Å²) in [6, 6.07) is 14.8. The molecule has 0 radical (unpaired) electrons. The highest BCUT2D eigenvalue weighted by Crippen LogP contribution is 2.28. The van der Waals surface area contributed by atoms with E-state index in [1.54, 1.807) is 18.2 Å². The van der Waals surface area contributed by atoms with Crippen LogP contribution in [0.4, 0.5) is 22.7 Å². The van der Waals surface area contributed by atoms with Crippen molar-refractivity contribution in [2.45, 2.75) is 0 Å². The van der Waals surface area contributed by atoms with E-state index in [1.807, 2.05) is 30.3 Å². The van der Waals surface area contributed by atoms with Crippen LogP contribution >= 0.6 is 24.8 Å². The van der Waals surface area contributed by atoms with Gasteiger partial charge in [-0.05, 0) is 24.3 Å². The maximum atomic E-state index is 5.77. The van der Waals surface area contributed by atoms with Crippen molar-refractivity contribution in [2.24, 2.45) is 10.2 Å². The molecule has 18 heavy (non-hydrogen) atoms. The van der Waals surface area contributed by atoms with Crippen LogP contribution in [0.1, 0.15) is 0 Å². The minimum atomic E-state index is 0. The van der Waals surface area contributed by atoms with Crippen LogP contribution in [-0.4, -0.2) is 0 Å². The number of halogens is 2. The van der Waals surface area contributed by atoms with E-state index in [0.29, 0.717) is 17.1 Å². The maximum absolute atomic E-state index is 5.77. The van der Waals surface area contributed by atoms with Gasteiger partial charge in [0.2, 0.25) is 0 Å². The number of anilines is 2. The molecular weight excluding hydrogens is 271 g/mol. The molecule has 2 aromatic carbocycles. The predicted molar refractivity (Wildman–Crippen MR) is 80.4 cm³/mol. The molecule has 0 fully saturated rings. The van der Waals surface area contributed by atoms with Crippen molar-refractivity contribution in [1.82, 2.24) is 0 Å². The summed E-state index contributed by atoms with van der Waals surface area (Å²) in [6.45, 7) is 0. The van der Waals surface area contributed by atoms with Crippen LogP contribution in [-0.2, 0) is 0 Å². The van der Waals surface area contributed by atoms with Crippen molar-refractivity contribution >= 4 is 47.6 Å². The third-order valence-electron chi connectivity index (χ3n) is 2.15. The molecule has 2 aromatic rings. The molecule has 0 bridgehead atoms. The first-order valence-electron chi connectivity index (χ1n) is 4.88. The van der Waals surface area contributed by atoms with Crippen molar-refractivity contribution in [3.05, 3.63) is 48.5 Å². The largest absolute Gasteiger partial charge is 0.397 e. The van der Waals surface area contributed by atoms with Gasteiger partial charge in [-0.2, -0.15) is 5.11 Å². The lowest BCUT2D eigenvalue weighted by Crippen LogP contribution is -1.93. The molecule has 4 N–H and O–H groups in total. The molecule has 0 saturated carbocycles. The third kappa shape index (κ3) is 3.91. The molecule has 0 amide bonds. The van der Waals surface area contributed by atoms with E-state index in [4.69, 9.17) is 11.5 Å². The topological polar surface area (TPSA) is 76.8 Å². The SMILES string of the molecule is Cl.Cl.Nc1cccc(N=Nc2ccccc2)c1N. The second-order valence-corrected chi connectivity index (χ2v) is 3.32. The van der Waals surface area contributed by atoms with Crippen LogP contribution in [0.3, 0.4) is 0 Å². The number of benzene rings is 2. The monoisotopic (exact) mass is 284 g/mol. The first kappa shape index (κ1) is 16.2. The number of nitrogens with zero attached hydrogens (tertiary/aromatic N) is 2. The normalized spacial score (nSPS) is 9.56. The zero-order valence-electron chi connectivity index (χ0n) is 9.48. The van der Waals surface area contributed by atoms with E-state index in [9.17, 15) is 0 Å². The Balaban J connectivity index is 0.00000144. The van der Waals surface area contributed by atoms with Gasteiger partial charge in [0.25, 0.3) is 0 Å². The van der Waals surface area contributed by atoms with E-state index in [0.717, 1.165) is 5.69 Å². The Morgan fingerprint density at radius 2 is 1.39 bits per heavy atom. The Morgan fingerprint density at radius 3 is 2.06 bits per heavy atom. The molecule has 0 aliphatic rings. The maximum Gasteiger partial charge on any atom is 0.111 e. The zero-order chi connectivity index (χ0) is 11.4. The zero-order valence-corrected chi connectivity index (χ0v) is 11.1. The number of nitrogen functional groups attached to an aromatic ring is 2. The predicted octanol–water partition coefficient (Wildman–Crippen LogP) is 4.11. The number of rotatable bonds is 2. The van der Waals surface area contributed by atoms with Gasteiger partial charge in [-0.3, -0.25) is 0 Å². The number of nitrogens with two attached hydrogens (primary N) is 2. The Labute approximate surface area is 118 Å². The van der Waals surface area contributed by atoms with Gasteiger partial charge in [0.1, 0.15) is 5.69 Å². The Morgan fingerprint density at radius 1 is 0.722 bits per heavy atom. The Kier molecular flexibility index (Phi) is 6.78. The van der Waals surface area contributed by atoms with Gasteiger partial charge < -0.3 is 11.5 Å². The average molecular weight is 285 g/mol. The van der Waals surface area contributed by atoms with E-state index in [-0.39, 0.29) is 24.8 Å². The van der Waals surface area contributed by atoms with Gasteiger partial charge in [0.15, 0.2) is 0 Å². The first-order chi connectivity index (χ1) is 7.77. The fourth-order valence-corrected chi connectivity index (χ4v) is 1.26. The van der Waals surface area contributed by atoms with Gasteiger partial charge in [-0.1, -0.05) is 24.3 Å². The van der Waals surface area contributed by atoms with Crippen molar-refractivity contribution in [2.75, 3.05) is 11.5 Å². The van der Waals surface area contributed by atoms with Crippen molar-refractivity contribution in [1.29, 1.82) is 0 Å². The number of azo groups is 1. The van der Waals surface area contributed by atoms with Crippen LogP contribution in [0, 0.1) is 0 Å². The first-order valence-corrected chi connectivity index (χ1v) is 4.88. The number of para-hydroxylation sites is 1. The highest BCUT2D eigenvalue weighted by molar-refractivity contribution is 5.85. The third-order valence-corrected chi connectivity index (χ3v) is 2.15. The number of hydrogen-bond donors (Lipinski definition) is 2. The van der Waals surface area contributed by atoms with Gasteiger partial charge in [0, 0.05) is 0 Å². The number of hydrogen-bond acceptors (Lipinski definition) is 4. The van der Waals surface area contributed by atoms with Gasteiger partial charge in [0.05, 0.1) is 17.1 Å². The fraction of sp³-hybridized carbons (Fsp3) is 0. The van der Waals surface area contributed by atoms with Gasteiger partial charge in [-0.25, -0.2) is 0 Å². The van der Waals surface area contributed by atoms with Crippen LogP contribution in [0.15, 0.2) is 58.8 Å².